The quantitative estimate of drug-likeness (QED) is 0.439. The van der Waals surface area contributed by atoms with E-state index in [1.165, 1.54) is 36.4 Å². The van der Waals surface area contributed by atoms with Gasteiger partial charge < -0.3 is 25.4 Å². The average molecular weight is 285 g/mol. The molecule has 3 aromatic rings. The molecule has 0 aliphatic heterocycles. The molecule has 0 spiro atoms. The predicted octanol–water partition coefficient (Wildman–Crippen LogP) is 2.02. The average Bonchev–Trinajstić information content (AvgIpc) is 2.45. The maximum absolute atomic E-state index is 12.1. The van der Waals surface area contributed by atoms with Crippen LogP contribution in [0, 0.1) is 0 Å². The zero-order valence-electron chi connectivity index (χ0n) is 10.7. The maximum Gasteiger partial charge on any atom is 0.231 e. The van der Waals surface area contributed by atoms with Crippen LogP contribution < -0.4 is 5.43 Å². The second-order valence-corrected chi connectivity index (χ2v) is 4.61. The van der Waals surface area contributed by atoms with Gasteiger partial charge in [-0.3, -0.25) is 4.79 Å². The fourth-order valence-electron chi connectivity index (χ4n) is 2.16. The lowest BCUT2D eigenvalue weighted by molar-refractivity contribution is 0.404. The largest absolute Gasteiger partial charge is 0.508 e. The van der Waals surface area contributed by atoms with Crippen LogP contribution in [-0.2, 0) is 0 Å². The molecule has 0 amide bonds. The van der Waals surface area contributed by atoms with Gasteiger partial charge in [-0.1, -0.05) is 0 Å². The van der Waals surface area contributed by atoms with Crippen LogP contribution in [-0.4, -0.2) is 25.4 Å². The molecule has 0 unspecified atom stereocenters. The summed E-state index contributed by atoms with van der Waals surface area (Å²) in [6, 6.07) is 8.02. The number of rotatable bonds is 1. The zero-order chi connectivity index (χ0) is 15.1. The number of phenolic OH excluding ortho intramolecular Hbond substituents is 3. The number of aromatic amines is 1. The summed E-state index contributed by atoms with van der Waals surface area (Å²) in [5, 5.41) is 38.6. The number of nitrogens with one attached hydrogen (secondary N) is 1. The Morgan fingerprint density at radius 3 is 2.33 bits per heavy atom. The highest BCUT2D eigenvalue weighted by molar-refractivity contribution is 5.85. The molecule has 3 rings (SSSR count). The van der Waals surface area contributed by atoms with Crippen LogP contribution in [0.5, 0.6) is 23.0 Å². The number of aromatic hydroxyl groups is 4. The minimum absolute atomic E-state index is 0.0247. The zero-order valence-corrected chi connectivity index (χ0v) is 10.7. The van der Waals surface area contributed by atoms with Crippen molar-refractivity contribution >= 4 is 10.9 Å². The highest BCUT2D eigenvalue weighted by Crippen LogP contribution is 2.33. The highest BCUT2D eigenvalue weighted by Gasteiger charge is 2.14. The van der Waals surface area contributed by atoms with Crippen molar-refractivity contribution in [3.8, 4) is 34.3 Å². The van der Waals surface area contributed by atoms with Crippen molar-refractivity contribution in [3.63, 3.8) is 0 Å². The van der Waals surface area contributed by atoms with Gasteiger partial charge in [-0.15, -0.1) is 0 Å². The number of aromatic nitrogens is 1. The van der Waals surface area contributed by atoms with Crippen LogP contribution in [0.2, 0.25) is 0 Å². The van der Waals surface area contributed by atoms with Gasteiger partial charge in [-0.05, 0) is 30.3 Å². The molecule has 0 saturated heterocycles. The topological polar surface area (TPSA) is 114 Å². The van der Waals surface area contributed by atoms with Gasteiger partial charge in [0.2, 0.25) is 5.43 Å². The van der Waals surface area contributed by atoms with E-state index in [0.717, 1.165) is 0 Å². The lowest BCUT2D eigenvalue weighted by atomic mass is 10.1. The van der Waals surface area contributed by atoms with Crippen LogP contribution in [0.25, 0.3) is 22.2 Å². The van der Waals surface area contributed by atoms with E-state index in [0.29, 0.717) is 11.1 Å². The minimum Gasteiger partial charge on any atom is -0.508 e. The van der Waals surface area contributed by atoms with Crippen molar-refractivity contribution in [1.29, 1.82) is 0 Å². The van der Waals surface area contributed by atoms with E-state index in [4.69, 9.17) is 0 Å². The summed E-state index contributed by atoms with van der Waals surface area (Å²) in [6.07, 6.45) is 0. The molecule has 0 aliphatic carbocycles. The number of hydrogen-bond acceptors (Lipinski definition) is 5. The molecule has 6 nitrogen and oxygen atoms in total. The molecular formula is C15H11NO5. The van der Waals surface area contributed by atoms with E-state index >= 15 is 0 Å². The Morgan fingerprint density at radius 2 is 1.62 bits per heavy atom. The Labute approximate surface area is 118 Å². The molecule has 5 N–H and O–H groups in total. The van der Waals surface area contributed by atoms with Crippen LogP contribution in [0.4, 0.5) is 0 Å². The third-order valence-corrected chi connectivity index (χ3v) is 3.22. The van der Waals surface area contributed by atoms with Gasteiger partial charge in [0.25, 0.3) is 0 Å². The van der Waals surface area contributed by atoms with E-state index < -0.39 is 11.2 Å². The highest BCUT2D eigenvalue weighted by atomic mass is 16.3. The molecule has 2 aromatic carbocycles. The summed E-state index contributed by atoms with van der Waals surface area (Å²) in [7, 11) is 0. The van der Waals surface area contributed by atoms with Crippen molar-refractivity contribution in [2.24, 2.45) is 0 Å². The van der Waals surface area contributed by atoms with Crippen molar-refractivity contribution in [1.82, 2.24) is 4.98 Å². The monoisotopic (exact) mass is 285 g/mol. The van der Waals surface area contributed by atoms with Gasteiger partial charge in [0, 0.05) is 17.0 Å². The first-order valence-corrected chi connectivity index (χ1v) is 6.07. The minimum atomic E-state index is -0.591. The van der Waals surface area contributed by atoms with Crippen LogP contribution >= 0.6 is 0 Å². The standard InChI is InChI=1S/C15H11NO5/c17-8-2-3-9-10(6-8)16-13(15(21)14(9)20)7-1-4-11(18)12(19)5-7/h1-6,17-19,21H,(H,16,20). The second kappa shape index (κ2) is 4.45. The molecule has 1 heterocycles. The second-order valence-electron chi connectivity index (χ2n) is 4.61. The number of phenols is 3. The van der Waals surface area contributed by atoms with E-state index in [2.05, 4.69) is 4.98 Å². The molecule has 1 aromatic heterocycles. The number of H-pyrrole nitrogens is 1. The van der Waals surface area contributed by atoms with E-state index in [1.54, 1.807) is 0 Å². The summed E-state index contributed by atoms with van der Waals surface area (Å²) in [5.74, 6) is -1.20. The molecular weight excluding hydrogens is 274 g/mol. The Bertz CT molecular complexity index is 914. The number of hydrogen-bond donors (Lipinski definition) is 5. The van der Waals surface area contributed by atoms with Gasteiger partial charge in [0.05, 0.1) is 11.2 Å². The van der Waals surface area contributed by atoms with Crippen molar-refractivity contribution in [2.75, 3.05) is 0 Å². The molecule has 106 valence electrons. The molecule has 6 heteroatoms. The number of pyridine rings is 1. The van der Waals surface area contributed by atoms with E-state index in [-0.39, 0.29) is 28.3 Å². The van der Waals surface area contributed by atoms with E-state index in [9.17, 15) is 25.2 Å². The molecule has 0 fully saturated rings. The smallest absolute Gasteiger partial charge is 0.231 e. The number of benzene rings is 2. The first kappa shape index (κ1) is 12.9. The lowest BCUT2D eigenvalue weighted by Crippen LogP contribution is -2.04. The van der Waals surface area contributed by atoms with Crippen molar-refractivity contribution in [3.05, 3.63) is 46.6 Å². The first-order valence-electron chi connectivity index (χ1n) is 6.07. The van der Waals surface area contributed by atoms with E-state index in [1.807, 2.05) is 0 Å². The Hall–Kier alpha value is -3.15. The summed E-state index contributed by atoms with van der Waals surface area (Å²) in [4.78, 5) is 15.0. The van der Waals surface area contributed by atoms with Crippen LogP contribution in [0.15, 0.2) is 41.2 Å². The fourth-order valence-corrected chi connectivity index (χ4v) is 2.16. The van der Waals surface area contributed by atoms with Crippen LogP contribution in [0.1, 0.15) is 0 Å². The number of fused-ring (bicyclic) bond motifs is 1. The van der Waals surface area contributed by atoms with Gasteiger partial charge in [-0.25, -0.2) is 0 Å². The predicted molar refractivity (Wildman–Crippen MR) is 76.7 cm³/mol. The lowest BCUT2D eigenvalue weighted by Gasteiger charge is -2.08. The molecule has 0 atom stereocenters. The van der Waals surface area contributed by atoms with Gasteiger partial charge in [0.1, 0.15) is 5.75 Å². The SMILES string of the molecule is O=c1c(O)c(-c2ccc(O)c(O)c2)[nH]c2cc(O)ccc12. The van der Waals surface area contributed by atoms with Gasteiger partial charge in [-0.2, -0.15) is 0 Å². The molecule has 0 saturated carbocycles. The van der Waals surface area contributed by atoms with Gasteiger partial charge in [0.15, 0.2) is 17.2 Å². The third-order valence-electron chi connectivity index (χ3n) is 3.22. The molecule has 0 radical (unpaired) electrons. The Morgan fingerprint density at radius 1 is 0.857 bits per heavy atom. The summed E-state index contributed by atoms with van der Waals surface area (Å²) in [5.41, 5.74) is 0.172. The summed E-state index contributed by atoms with van der Waals surface area (Å²) >= 11 is 0. The summed E-state index contributed by atoms with van der Waals surface area (Å²) < 4.78 is 0. The Balaban J connectivity index is 2.34. The Kier molecular flexibility index (Phi) is 2.72. The van der Waals surface area contributed by atoms with Crippen molar-refractivity contribution < 1.29 is 20.4 Å². The van der Waals surface area contributed by atoms with Crippen molar-refractivity contribution in [2.45, 2.75) is 0 Å². The summed E-state index contributed by atoms with van der Waals surface area (Å²) in [6.45, 7) is 0. The first-order chi connectivity index (χ1) is 9.97. The normalized spacial score (nSPS) is 10.9. The maximum atomic E-state index is 12.1. The molecule has 21 heavy (non-hydrogen) atoms. The molecule has 0 aliphatic rings. The third kappa shape index (κ3) is 2.02. The van der Waals surface area contributed by atoms with Gasteiger partial charge >= 0.3 is 0 Å². The van der Waals surface area contributed by atoms with Crippen LogP contribution in [0.3, 0.4) is 0 Å². The fraction of sp³-hybridized carbons (Fsp3) is 0. The molecule has 0 bridgehead atoms.